The van der Waals surface area contributed by atoms with Crippen molar-refractivity contribution in [3.05, 3.63) is 0 Å². The van der Waals surface area contributed by atoms with Gasteiger partial charge >= 0.3 is 0 Å². The van der Waals surface area contributed by atoms with Gasteiger partial charge in [-0.05, 0) is 37.5 Å². The molecule has 0 spiro atoms. The molecule has 2 nitrogen and oxygen atoms in total. The van der Waals surface area contributed by atoms with Crippen LogP contribution >= 0.6 is 0 Å². The highest BCUT2D eigenvalue weighted by Gasteiger charge is 2.20. The van der Waals surface area contributed by atoms with Gasteiger partial charge in [-0.25, -0.2) is 0 Å². The molecule has 1 aliphatic carbocycles. The average Bonchev–Trinajstić information content (AvgIpc) is 2.05. The van der Waals surface area contributed by atoms with Gasteiger partial charge in [-0.3, -0.25) is 4.79 Å². The summed E-state index contributed by atoms with van der Waals surface area (Å²) in [6, 6.07) is 0. The number of amides is 1. The van der Waals surface area contributed by atoms with Crippen molar-refractivity contribution in [3.8, 4) is 0 Å². The van der Waals surface area contributed by atoms with Crippen molar-refractivity contribution in [3.63, 3.8) is 0 Å². The van der Waals surface area contributed by atoms with E-state index in [1.54, 1.807) is 0 Å². The van der Waals surface area contributed by atoms with Gasteiger partial charge in [0.05, 0.1) is 0 Å². The standard InChI is InChI=1S/C12H23NO/c1-10(2)5-4-8-13-12(14)9-11-6-3-7-11/h10-11H,3-9H2,1-2H3,(H,13,14). The smallest absolute Gasteiger partial charge is 0.220 e. The molecule has 1 amide bonds. The van der Waals surface area contributed by atoms with Crippen molar-refractivity contribution < 1.29 is 4.79 Å². The summed E-state index contributed by atoms with van der Waals surface area (Å²) in [6.07, 6.45) is 6.95. The number of carbonyl (C=O) groups is 1. The Morgan fingerprint density at radius 3 is 2.64 bits per heavy atom. The fourth-order valence-electron chi connectivity index (χ4n) is 1.77. The first kappa shape index (κ1) is 11.5. The summed E-state index contributed by atoms with van der Waals surface area (Å²) in [6.45, 7) is 5.30. The van der Waals surface area contributed by atoms with Crippen LogP contribution in [0.25, 0.3) is 0 Å². The molecule has 0 aromatic carbocycles. The summed E-state index contributed by atoms with van der Waals surface area (Å²) in [5.41, 5.74) is 0. The lowest BCUT2D eigenvalue weighted by Gasteiger charge is -2.24. The van der Waals surface area contributed by atoms with Gasteiger partial charge in [-0.15, -0.1) is 0 Å². The first-order valence-electron chi connectivity index (χ1n) is 5.95. The first-order chi connectivity index (χ1) is 6.68. The summed E-state index contributed by atoms with van der Waals surface area (Å²) in [5, 5.41) is 3.00. The van der Waals surface area contributed by atoms with Gasteiger partial charge in [0.1, 0.15) is 0 Å². The van der Waals surface area contributed by atoms with Crippen molar-refractivity contribution in [1.29, 1.82) is 0 Å². The van der Waals surface area contributed by atoms with Crippen molar-refractivity contribution >= 4 is 5.91 Å². The molecule has 14 heavy (non-hydrogen) atoms. The van der Waals surface area contributed by atoms with Gasteiger partial charge in [0.15, 0.2) is 0 Å². The molecule has 2 heteroatoms. The highest BCUT2D eigenvalue weighted by atomic mass is 16.1. The van der Waals surface area contributed by atoms with Gasteiger partial charge in [0.2, 0.25) is 5.91 Å². The molecule has 0 atom stereocenters. The molecule has 1 saturated carbocycles. The zero-order valence-corrected chi connectivity index (χ0v) is 9.51. The second-order valence-corrected chi connectivity index (χ2v) is 4.89. The van der Waals surface area contributed by atoms with Crippen LogP contribution < -0.4 is 5.32 Å². The minimum absolute atomic E-state index is 0.262. The Morgan fingerprint density at radius 1 is 1.43 bits per heavy atom. The fourth-order valence-corrected chi connectivity index (χ4v) is 1.77. The molecule has 0 radical (unpaired) electrons. The second-order valence-electron chi connectivity index (χ2n) is 4.89. The van der Waals surface area contributed by atoms with Crippen molar-refractivity contribution in [2.24, 2.45) is 11.8 Å². The number of hydrogen-bond acceptors (Lipinski definition) is 1. The Labute approximate surface area is 87.5 Å². The summed E-state index contributed by atoms with van der Waals surface area (Å²) in [7, 11) is 0. The van der Waals surface area contributed by atoms with Gasteiger partial charge in [-0.1, -0.05) is 20.3 Å². The maximum absolute atomic E-state index is 11.4. The Morgan fingerprint density at radius 2 is 2.14 bits per heavy atom. The molecular weight excluding hydrogens is 174 g/mol. The van der Waals surface area contributed by atoms with Crippen LogP contribution in [0.3, 0.4) is 0 Å². The lowest BCUT2D eigenvalue weighted by molar-refractivity contribution is -0.122. The summed E-state index contributed by atoms with van der Waals surface area (Å²) in [4.78, 5) is 11.4. The monoisotopic (exact) mass is 197 g/mol. The van der Waals surface area contributed by atoms with Crippen LogP contribution in [0.1, 0.15) is 52.4 Å². The van der Waals surface area contributed by atoms with Crippen molar-refractivity contribution in [2.75, 3.05) is 6.54 Å². The highest BCUT2D eigenvalue weighted by molar-refractivity contribution is 5.76. The van der Waals surface area contributed by atoms with E-state index in [-0.39, 0.29) is 5.91 Å². The molecule has 0 heterocycles. The van der Waals surface area contributed by atoms with Crippen LogP contribution in [0.5, 0.6) is 0 Å². The molecule has 0 saturated heterocycles. The van der Waals surface area contributed by atoms with E-state index in [1.807, 2.05) is 0 Å². The molecule has 0 aliphatic heterocycles. The van der Waals surface area contributed by atoms with Crippen LogP contribution in [0.4, 0.5) is 0 Å². The molecule has 0 aromatic heterocycles. The Balaban J connectivity index is 1.92. The lowest BCUT2D eigenvalue weighted by Crippen LogP contribution is -2.28. The number of rotatable bonds is 6. The van der Waals surface area contributed by atoms with Crippen LogP contribution in [0, 0.1) is 11.8 Å². The third-order valence-corrected chi connectivity index (χ3v) is 2.98. The highest BCUT2D eigenvalue weighted by Crippen LogP contribution is 2.28. The first-order valence-corrected chi connectivity index (χ1v) is 5.95. The maximum atomic E-state index is 11.4. The molecule has 1 fully saturated rings. The number of nitrogens with one attached hydrogen (secondary N) is 1. The van der Waals surface area contributed by atoms with E-state index in [0.29, 0.717) is 5.92 Å². The zero-order valence-electron chi connectivity index (χ0n) is 9.51. The molecule has 82 valence electrons. The quantitative estimate of drug-likeness (QED) is 0.652. The zero-order chi connectivity index (χ0) is 10.4. The Bertz CT molecular complexity index is 173. The number of hydrogen-bond donors (Lipinski definition) is 1. The fraction of sp³-hybridized carbons (Fsp3) is 0.917. The van der Waals surface area contributed by atoms with Gasteiger partial charge in [-0.2, -0.15) is 0 Å². The van der Waals surface area contributed by atoms with Gasteiger partial charge in [0.25, 0.3) is 0 Å². The SMILES string of the molecule is CC(C)CCCNC(=O)CC1CCC1. The Hall–Kier alpha value is -0.530. The van der Waals surface area contributed by atoms with E-state index in [4.69, 9.17) is 0 Å². The van der Waals surface area contributed by atoms with Crippen molar-refractivity contribution in [2.45, 2.75) is 52.4 Å². The summed E-state index contributed by atoms with van der Waals surface area (Å²) in [5.74, 6) is 1.71. The average molecular weight is 197 g/mol. The molecule has 1 rings (SSSR count). The van der Waals surface area contributed by atoms with E-state index >= 15 is 0 Å². The largest absolute Gasteiger partial charge is 0.356 e. The molecule has 0 unspecified atom stereocenters. The van der Waals surface area contributed by atoms with Crippen LogP contribution in [0.15, 0.2) is 0 Å². The number of carbonyl (C=O) groups excluding carboxylic acids is 1. The Kier molecular flexibility index (Phi) is 4.99. The molecule has 0 aromatic rings. The third kappa shape index (κ3) is 4.64. The van der Waals surface area contributed by atoms with E-state index in [0.717, 1.165) is 25.3 Å². The predicted octanol–water partition coefficient (Wildman–Crippen LogP) is 2.73. The van der Waals surface area contributed by atoms with Gasteiger partial charge in [0, 0.05) is 13.0 Å². The van der Waals surface area contributed by atoms with Crippen LogP contribution in [0.2, 0.25) is 0 Å². The molecule has 0 bridgehead atoms. The molecular formula is C12H23NO. The summed E-state index contributed by atoms with van der Waals surface area (Å²) >= 11 is 0. The van der Waals surface area contributed by atoms with Gasteiger partial charge < -0.3 is 5.32 Å². The van der Waals surface area contributed by atoms with Crippen LogP contribution in [-0.2, 0) is 4.79 Å². The van der Waals surface area contributed by atoms with E-state index in [9.17, 15) is 4.79 Å². The maximum Gasteiger partial charge on any atom is 0.220 e. The minimum Gasteiger partial charge on any atom is -0.356 e. The topological polar surface area (TPSA) is 29.1 Å². The minimum atomic E-state index is 0.262. The van der Waals surface area contributed by atoms with E-state index in [1.165, 1.54) is 25.7 Å². The third-order valence-electron chi connectivity index (χ3n) is 2.98. The summed E-state index contributed by atoms with van der Waals surface area (Å²) < 4.78 is 0. The molecule has 1 N–H and O–H groups in total. The molecule has 1 aliphatic rings. The lowest BCUT2D eigenvalue weighted by atomic mass is 9.83. The van der Waals surface area contributed by atoms with Crippen molar-refractivity contribution in [1.82, 2.24) is 5.32 Å². The van der Waals surface area contributed by atoms with E-state index < -0.39 is 0 Å². The predicted molar refractivity (Wildman–Crippen MR) is 59.0 cm³/mol. The van der Waals surface area contributed by atoms with Crippen LogP contribution in [-0.4, -0.2) is 12.5 Å². The normalized spacial score (nSPS) is 16.8. The van der Waals surface area contributed by atoms with E-state index in [2.05, 4.69) is 19.2 Å². The second kappa shape index (κ2) is 6.05.